The van der Waals surface area contributed by atoms with E-state index in [-0.39, 0.29) is 11.6 Å². The molecule has 2 aromatic carbocycles. The van der Waals surface area contributed by atoms with Crippen LogP contribution in [0.4, 0.5) is 0 Å². The first kappa shape index (κ1) is 22.9. The lowest BCUT2D eigenvalue weighted by Gasteiger charge is -2.33. The zero-order chi connectivity index (χ0) is 23.2. The quantitative estimate of drug-likeness (QED) is 0.369. The van der Waals surface area contributed by atoms with Gasteiger partial charge in [-0.15, -0.1) is 0 Å². The molecule has 0 aliphatic carbocycles. The third-order valence-corrected chi connectivity index (χ3v) is 6.03. The maximum absolute atomic E-state index is 13.1. The van der Waals surface area contributed by atoms with Crippen molar-refractivity contribution >= 4 is 33.4 Å². The minimum Gasteiger partial charge on any atom is -0.464 e. The number of aromatic nitrogens is 1. The highest BCUT2D eigenvalue weighted by Gasteiger charge is 2.22. The second kappa shape index (κ2) is 10.6. The first-order valence-electron chi connectivity index (χ1n) is 10.6. The van der Waals surface area contributed by atoms with Crippen LogP contribution in [0.3, 0.4) is 0 Å². The molecule has 0 bridgehead atoms. The van der Waals surface area contributed by atoms with E-state index in [9.17, 15) is 9.59 Å². The van der Waals surface area contributed by atoms with Crippen molar-refractivity contribution < 1.29 is 18.7 Å². The molecule has 1 aliphatic heterocycles. The average molecular weight is 510 g/mol. The van der Waals surface area contributed by atoms with Crippen molar-refractivity contribution in [1.29, 1.82) is 0 Å². The Morgan fingerprint density at radius 1 is 1.03 bits per heavy atom. The highest BCUT2D eigenvalue weighted by Crippen LogP contribution is 2.25. The van der Waals surface area contributed by atoms with Gasteiger partial charge in [-0.25, -0.2) is 9.78 Å². The Balaban J connectivity index is 1.42. The van der Waals surface area contributed by atoms with Gasteiger partial charge in [-0.1, -0.05) is 58.4 Å². The number of nitrogens with zero attached hydrogens (tertiary/aromatic N) is 3. The van der Waals surface area contributed by atoms with Crippen molar-refractivity contribution in [3.63, 3.8) is 0 Å². The Bertz CT molecular complexity index is 1130. The fraction of sp³-hybridized carbons (Fsp3) is 0.240. The molecule has 3 aromatic rings. The predicted molar refractivity (Wildman–Crippen MR) is 127 cm³/mol. The molecule has 0 N–H and O–H groups in total. The maximum atomic E-state index is 13.1. The molecule has 7 nitrogen and oxygen atoms in total. The van der Waals surface area contributed by atoms with Gasteiger partial charge in [0.2, 0.25) is 11.8 Å². The lowest BCUT2D eigenvalue weighted by Crippen LogP contribution is -2.47. The van der Waals surface area contributed by atoms with Crippen LogP contribution >= 0.6 is 15.9 Å². The van der Waals surface area contributed by atoms with E-state index in [0.29, 0.717) is 38.6 Å². The minimum atomic E-state index is -0.521. The van der Waals surface area contributed by atoms with Crippen LogP contribution in [0.15, 0.2) is 75.8 Å². The topological polar surface area (TPSA) is 75.9 Å². The van der Waals surface area contributed by atoms with E-state index in [1.807, 2.05) is 59.5 Å². The van der Waals surface area contributed by atoms with E-state index in [0.717, 1.165) is 21.2 Å². The van der Waals surface area contributed by atoms with Gasteiger partial charge in [0, 0.05) is 36.7 Å². The molecular formula is C25H24BrN3O4. The van der Waals surface area contributed by atoms with Crippen LogP contribution in [0.25, 0.3) is 5.57 Å². The number of benzene rings is 2. The number of esters is 1. The summed E-state index contributed by atoms with van der Waals surface area (Å²) in [6, 6.07) is 17.9. The average Bonchev–Trinajstić information content (AvgIpc) is 3.32. The van der Waals surface area contributed by atoms with Gasteiger partial charge < -0.3 is 14.1 Å². The van der Waals surface area contributed by atoms with E-state index in [4.69, 9.17) is 4.42 Å². The number of piperazine rings is 1. The fourth-order valence-corrected chi connectivity index (χ4v) is 3.96. The van der Waals surface area contributed by atoms with E-state index < -0.39 is 5.97 Å². The Hall–Kier alpha value is -3.23. The molecule has 170 valence electrons. The summed E-state index contributed by atoms with van der Waals surface area (Å²) in [5.41, 5.74) is 3.04. The molecule has 1 amide bonds. The number of ether oxygens (including phenoxy) is 1. The summed E-state index contributed by atoms with van der Waals surface area (Å²) in [6.07, 6.45) is 3.03. The lowest BCUT2D eigenvalue weighted by atomic mass is 9.97. The Morgan fingerprint density at radius 2 is 1.70 bits per heavy atom. The Kier molecular flexibility index (Phi) is 7.36. The van der Waals surface area contributed by atoms with Gasteiger partial charge in [-0.2, -0.15) is 0 Å². The Morgan fingerprint density at radius 3 is 2.36 bits per heavy atom. The summed E-state index contributed by atoms with van der Waals surface area (Å²) in [4.78, 5) is 32.8. The number of oxazole rings is 1. The fourth-order valence-electron chi connectivity index (χ4n) is 3.69. The number of halogens is 1. The minimum absolute atomic E-state index is 0.0134. The number of hydrogen-bond donors (Lipinski definition) is 0. The number of methoxy groups -OCH3 is 1. The second-order valence-electron chi connectivity index (χ2n) is 7.65. The molecule has 4 rings (SSSR count). The smallest absolute Gasteiger partial charge is 0.360 e. The first-order chi connectivity index (χ1) is 16.0. The second-order valence-corrected chi connectivity index (χ2v) is 8.57. The van der Waals surface area contributed by atoms with Crippen LogP contribution in [0, 0.1) is 0 Å². The van der Waals surface area contributed by atoms with Gasteiger partial charge >= 0.3 is 5.97 Å². The number of hydrogen-bond acceptors (Lipinski definition) is 6. The summed E-state index contributed by atoms with van der Waals surface area (Å²) in [6.45, 7) is 3.05. The SMILES string of the molecule is COC(=O)c1coc(CN2CCN(C(=O)C=C(c3ccccc3)c3ccc(Br)cc3)CC2)n1. The van der Waals surface area contributed by atoms with Crippen molar-refractivity contribution in [2.24, 2.45) is 0 Å². The van der Waals surface area contributed by atoms with Crippen LogP contribution in [0.5, 0.6) is 0 Å². The van der Waals surface area contributed by atoms with Gasteiger partial charge in [0.05, 0.1) is 13.7 Å². The number of carbonyl (C=O) groups is 2. The monoisotopic (exact) mass is 509 g/mol. The maximum Gasteiger partial charge on any atom is 0.360 e. The van der Waals surface area contributed by atoms with Gasteiger partial charge in [-0.05, 0) is 28.8 Å². The van der Waals surface area contributed by atoms with Gasteiger partial charge in [-0.3, -0.25) is 9.69 Å². The summed E-state index contributed by atoms with van der Waals surface area (Å²) in [7, 11) is 1.31. The largest absolute Gasteiger partial charge is 0.464 e. The normalized spacial score (nSPS) is 14.8. The molecule has 1 aromatic heterocycles. The van der Waals surface area contributed by atoms with Crippen LogP contribution < -0.4 is 0 Å². The molecule has 0 saturated carbocycles. The molecule has 0 radical (unpaired) electrons. The van der Waals surface area contributed by atoms with Crippen molar-refractivity contribution in [2.75, 3.05) is 33.3 Å². The van der Waals surface area contributed by atoms with Crippen LogP contribution in [0.2, 0.25) is 0 Å². The summed E-state index contributed by atoms with van der Waals surface area (Å²) >= 11 is 3.47. The van der Waals surface area contributed by atoms with Crippen LogP contribution in [-0.2, 0) is 16.1 Å². The molecule has 0 atom stereocenters. The molecule has 0 spiro atoms. The standard InChI is InChI=1S/C25H24BrN3O4/c1-32-25(31)22-17-33-23(27-22)16-28-11-13-29(14-12-28)24(30)15-21(18-5-3-2-4-6-18)19-7-9-20(26)10-8-19/h2-10,15,17H,11-14,16H2,1H3. The Labute approximate surface area is 200 Å². The van der Waals surface area contributed by atoms with Crippen molar-refractivity contribution in [1.82, 2.24) is 14.8 Å². The van der Waals surface area contributed by atoms with E-state index in [2.05, 4.69) is 30.6 Å². The predicted octanol–water partition coefficient (Wildman–Crippen LogP) is 4.00. The summed E-state index contributed by atoms with van der Waals surface area (Å²) in [5.74, 6) is -0.0793. The van der Waals surface area contributed by atoms with Crippen LogP contribution in [-0.4, -0.2) is 59.9 Å². The van der Waals surface area contributed by atoms with Gasteiger partial charge in [0.15, 0.2) is 5.69 Å². The van der Waals surface area contributed by atoms with Crippen molar-refractivity contribution in [3.8, 4) is 0 Å². The highest BCUT2D eigenvalue weighted by atomic mass is 79.9. The van der Waals surface area contributed by atoms with E-state index >= 15 is 0 Å². The number of amides is 1. The number of carbonyl (C=O) groups excluding carboxylic acids is 2. The van der Waals surface area contributed by atoms with Gasteiger partial charge in [0.25, 0.3) is 0 Å². The van der Waals surface area contributed by atoms with E-state index in [1.54, 1.807) is 6.08 Å². The molecule has 1 saturated heterocycles. The van der Waals surface area contributed by atoms with Crippen LogP contribution in [0.1, 0.15) is 27.5 Å². The molecular weight excluding hydrogens is 486 g/mol. The zero-order valence-electron chi connectivity index (χ0n) is 18.2. The third kappa shape index (κ3) is 5.77. The van der Waals surface area contributed by atoms with E-state index in [1.165, 1.54) is 13.4 Å². The lowest BCUT2D eigenvalue weighted by molar-refractivity contribution is -0.127. The number of rotatable bonds is 6. The zero-order valence-corrected chi connectivity index (χ0v) is 19.8. The molecule has 33 heavy (non-hydrogen) atoms. The third-order valence-electron chi connectivity index (χ3n) is 5.50. The molecule has 2 heterocycles. The molecule has 0 unspecified atom stereocenters. The highest BCUT2D eigenvalue weighted by molar-refractivity contribution is 9.10. The summed E-state index contributed by atoms with van der Waals surface area (Å²) in [5, 5.41) is 0. The van der Waals surface area contributed by atoms with Gasteiger partial charge in [0.1, 0.15) is 6.26 Å². The molecule has 1 fully saturated rings. The molecule has 1 aliphatic rings. The summed E-state index contributed by atoms with van der Waals surface area (Å²) < 4.78 is 11.0. The van der Waals surface area contributed by atoms with Crippen molar-refractivity contribution in [2.45, 2.75) is 6.54 Å². The van der Waals surface area contributed by atoms with Crippen molar-refractivity contribution in [3.05, 3.63) is 94.1 Å². The first-order valence-corrected chi connectivity index (χ1v) is 11.4. The molecule has 8 heteroatoms.